The number of halogens is 1. The number of thiophene rings is 1. The predicted octanol–water partition coefficient (Wildman–Crippen LogP) is 2.04. The van der Waals surface area contributed by atoms with Crippen LogP contribution in [0.1, 0.15) is 10.4 Å². The lowest BCUT2D eigenvalue weighted by molar-refractivity contribution is 0.580. The highest BCUT2D eigenvalue weighted by molar-refractivity contribution is 7.89. The minimum Gasteiger partial charge on any atom is -0.389 e. The number of hydrogen-bond donors (Lipinski definition) is 2. The number of sulfonamides is 1. The van der Waals surface area contributed by atoms with Crippen molar-refractivity contribution in [2.24, 2.45) is 5.73 Å². The largest absolute Gasteiger partial charge is 0.389 e. The normalized spacial score (nSPS) is 11.5. The summed E-state index contributed by atoms with van der Waals surface area (Å²) in [5, 5.41) is 1.93. The van der Waals surface area contributed by atoms with Crippen molar-refractivity contribution in [2.75, 3.05) is 6.54 Å². The van der Waals surface area contributed by atoms with E-state index in [0.29, 0.717) is 6.42 Å². The van der Waals surface area contributed by atoms with Crippen LogP contribution in [0.15, 0.2) is 40.6 Å². The smallest absolute Gasteiger partial charge is 0.240 e. The number of thiocarbonyl (C=S) groups is 1. The molecule has 0 aliphatic rings. The van der Waals surface area contributed by atoms with Crippen LogP contribution in [0.4, 0.5) is 4.39 Å². The van der Waals surface area contributed by atoms with Crippen LogP contribution in [-0.4, -0.2) is 20.0 Å². The minimum atomic E-state index is -3.71. The molecule has 1 aromatic carbocycles. The van der Waals surface area contributed by atoms with Gasteiger partial charge in [0.2, 0.25) is 10.0 Å². The first kappa shape index (κ1) is 16.0. The van der Waals surface area contributed by atoms with Gasteiger partial charge in [0, 0.05) is 17.0 Å². The molecule has 0 aliphatic carbocycles. The lowest BCUT2D eigenvalue weighted by Crippen LogP contribution is -2.26. The van der Waals surface area contributed by atoms with Crippen molar-refractivity contribution in [3.05, 3.63) is 52.0 Å². The van der Waals surface area contributed by atoms with Crippen LogP contribution in [0, 0.1) is 5.82 Å². The van der Waals surface area contributed by atoms with Gasteiger partial charge in [0.25, 0.3) is 0 Å². The maximum atomic E-state index is 13.5. The summed E-state index contributed by atoms with van der Waals surface area (Å²) in [5.41, 5.74) is 5.29. The van der Waals surface area contributed by atoms with E-state index in [2.05, 4.69) is 4.72 Å². The Morgan fingerprint density at radius 3 is 2.76 bits per heavy atom. The highest BCUT2D eigenvalue weighted by atomic mass is 32.2. The van der Waals surface area contributed by atoms with E-state index in [1.165, 1.54) is 6.07 Å². The van der Waals surface area contributed by atoms with Gasteiger partial charge in [-0.2, -0.15) is 0 Å². The van der Waals surface area contributed by atoms with Crippen LogP contribution in [0.3, 0.4) is 0 Å². The Labute approximate surface area is 131 Å². The third kappa shape index (κ3) is 4.07. The Morgan fingerprint density at radius 1 is 1.38 bits per heavy atom. The van der Waals surface area contributed by atoms with E-state index in [9.17, 15) is 12.8 Å². The fraction of sp³-hybridized carbons (Fsp3) is 0.154. The predicted molar refractivity (Wildman–Crippen MR) is 85.5 cm³/mol. The van der Waals surface area contributed by atoms with Gasteiger partial charge < -0.3 is 5.73 Å². The van der Waals surface area contributed by atoms with E-state index >= 15 is 0 Å². The number of benzene rings is 1. The summed E-state index contributed by atoms with van der Waals surface area (Å²) in [6.45, 7) is 0.266. The summed E-state index contributed by atoms with van der Waals surface area (Å²) in [6, 6.07) is 7.21. The molecule has 1 aromatic heterocycles. The molecular weight excluding hydrogens is 331 g/mol. The van der Waals surface area contributed by atoms with Gasteiger partial charge in [-0.05, 0) is 36.1 Å². The average molecular weight is 344 g/mol. The second kappa shape index (κ2) is 6.61. The van der Waals surface area contributed by atoms with Crippen LogP contribution in [0.5, 0.6) is 0 Å². The van der Waals surface area contributed by atoms with Crippen molar-refractivity contribution in [1.29, 1.82) is 0 Å². The molecule has 112 valence electrons. The van der Waals surface area contributed by atoms with Gasteiger partial charge in [-0.15, -0.1) is 11.3 Å². The van der Waals surface area contributed by atoms with Crippen LogP contribution < -0.4 is 10.5 Å². The molecule has 3 N–H and O–H groups in total. The minimum absolute atomic E-state index is 0.0575. The second-order valence-electron chi connectivity index (χ2n) is 4.23. The molecule has 0 saturated carbocycles. The van der Waals surface area contributed by atoms with E-state index in [-0.39, 0.29) is 22.0 Å². The number of hydrogen-bond acceptors (Lipinski definition) is 4. The molecule has 0 radical (unpaired) electrons. The fourth-order valence-corrected chi connectivity index (χ4v) is 3.63. The first-order chi connectivity index (χ1) is 9.90. The summed E-state index contributed by atoms with van der Waals surface area (Å²) < 4.78 is 40.2. The first-order valence-electron chi connectivity index (χ1n) is 6.01. The van der Waals surface area contributed by atoms with Gasteiger partial charge in [0.15, 0.2) is 0 Å². The maximum Gasteiger partial charge on any atom is 0.240 e. The van der Waals surface area contributed by atoms with Gasteiger partial charge in [-0.3, -0.25) is 0 Å². The summed E-state index contributed by atoms with van der Waals surface area (Å²) in [5.74, 6) is -0.639. The van der Waals surface area contributed by atoms with Gasteiger partial charge in [-0.25, -0.2) is 17.5 Å². The summed E-state index contributed by atoms with van der Waals surface area (Å²) in [7, 11) is -3.71. The third-order valence-corrected chi connectivity index (χ3v) is 5.37. The van der Waals surface area contributed by atoms with E-state index < -0.39 is 15.8 Å². The van der Waals surface area contributed by atoms with Gasteiger partial charge in [0.05, 0.1) is 4.90 Å². The topological polar surface area (TPSA) is 72.2 Å². The monoisotopic (exact) mass is 344 g/mol. The lowest BCUT2D eigenvalue weighted by atomic mass is 10.2. The quantitative estimate of drug-likeness (QED) is 0.787. The summed E-state index contributed by atoms with van der Waals surface area (Å²) in [6.07, 6.45) is 0.597. The SMILES string of the molecule is NC(=S)c1cc(S(=O)(=O)NCCc2cccs2)ccc1F. The van der Waals surface area contributed by atoms with Crippen molar-refractivity contribution >= 4 is 38.6 Å². The molecule has 0 unspecified atom stereocenters. The molecule has 0 atom stereocenters. The van der Waals surface area contributed by atoms with Crippen LogP contribution in [-0.2, 0) is 16.4 Å². The summed E-state index contributed by atoms with van der Waals surface area (Å²) in [4.78, 5) is 0.849. The molecule has 0 spiro atoms. The standard InChI is InChI=1S/C13H13FN2O2S3/c14-12-4-3-10(8-11(12)13(15)19)21(17,18)16-6-5-9-2-1-7-20-9/h1-4,7-8,16H,5-6H2,(H2,15,19). The molecule has 8 heteroatoms. The van der Waals surface area contributed by atoms with E-state index in [1.807, 2.05) is 17.5 Å². The van der Waals surface area contributed by atoms with Gasteiger partial charge >= 0.3 is 0 Å². The second-order valence-corrected chi connectivity index (χ2v) is 7.47. The number of nitrogens with two attached hydrogens (primary N) is 1. The van der Waals surface area contributed by atoms with Crippen LogP contribution >= 0.6 is 23.6 Å². The third-order valence-electron chi connectivity index (χ3n) is 2.76. The molecular formula is C13H13FN2O2S3. The van der Waals surface area contributed by atoms with Crippen molar-refractivity contribution in [3.8, 4) is 0 Å². The Morgan fingerprint density at radius 2 is 2.14 bits per heavy atom. The molecule has 1 heterocycles. The average Bonchev–Trinajstić information content (AvgIpc) is 2.91. The molecule has 0 saturated heterocycles. The molecule has 2 rings (SSSR count). The molecule has 0 bridgehead atoms. The Bertz CT molecular complexity index is 743. The maximum absolute atomic E-state index is 13.5. The van der Waals surface area contributed by atoms with E-state index in [0.717, 1.165) is 17.0 Å². The summed E-state index contributed by atoms with van der Waals surface area (Å²) >= 11 is 6.26. The Balaban J connectivity index is 2.12. The van der Waals surface area contributed by atoms with E-state index in [4.69, 9.17) is 18.0 Å². The fourth-order valence-electron chi connectivity index (χ4n) is 1.71. The van der Waals surface area contributed by atoms with Crippen LogP contribution in [0.25, 0.3) is 0 Å². The number of rotatable bonds is 6. The highest BCUT2D eigenvalue weighted by Gasteiger charge is 2.16. The zero-order valence-corrected chi connectivity index (χ0v) is 13.3. The molecule has 0 fully saturated rings. The molecule has 0 amide bonds. The lowest BCUT2D eigenvalue weighted by Gasteiger charge is -2.08. The zero-order chi connectivity index (χ0) is 15.5. The van der Waals surface area contributed by atoms with Crippen LogP contribution in [0.2, 0.25) is 0 Å². The van der Waals surface area contributed by atoms with Crippen molar-refractivity contribution in [2.45, 2.75) is 11.3 Å². The molecule has 2 aromatic rings. The zero-order valence-electron chi connectivity index (χ0n) is 10.9. The molecule has 21 heavy (non-hydrogen) atoms. The number of nitrogens with one attached hydrogen (secondary N) is 1. The van der Waals surface area contributed by atoms with Crippen molar-refractivity contribution in [3.63, 3.8) is 0 Å². The van der Waals surface area contributed by atoms with E-state index in [1.54, 1.807) is 11.3 Å². The van der Waals surface area contributed by atoms with Crippen molar-refractivity contribution in [1.82, 2.24) is 4.72 Å². The first-order valence-corrected chi connectivity index (χ1v) is 8.78. The Hall–Kier alpha value is -1.35. The van der Waals surface area contributed by atoms with Crippen molar-refractivity contribution < 1.29 is 12.8 Å². The molecule has 4 nitrogen and oxygen atoms in total. The molecule has 0 aliphatic heterocycles. The Kier molecular flexibility index (Phi) is 5.04. The highest BCUT2D eigenvalue weighted by Crippen LogP contribution is 2.15. The van der Waals surface area contributed by atoms with Gasteiger partial charge in [0.1, 0.15) is 10.8 Å². The van der Waals surface area contributed by atoms with Gasteiger partial charge in [-0.1, -0.05) is 18.3 Å².